The molecule has 2 aromatic heterocycles. The highest BCUT2D eigenvalue weighted by atomic mass is 16.6. The molecule has 2 unspecified atom stereocenters. The Morgan fingerprint density at radius 2 is 1.86 bits per heavy atom. The van der Waals surface area contributed by atoms with E-state index in [1.807, 2.05) is 0 Å². The van der Waals surface area contributed by atoms with Gasteiger partial charge in [0, 0.05) is 13.1 Å². The number of nitrogens with one attached hydrogen (secondary N) is 1. The summed E-state index contributed by atoms with van der Waals surface area (Å²) >= 11 is 0. The average molecular weight is 394 g/mol. The Morgan fingerprint density at radius 1 is 1.11 bits per heavy atom. The zero-order valence-corrected chi connectivity index (χ0v) is 16.4. The molecule has 0 saturated carbocycles. The molecule has 3 rings (SSSR count). The molecular formula is C18H30N6O4. The maximum Gasteiger partial charge on any atom is 0.167 e. The molecule has 0 spiro atoms. The standard InChI is InChI=1S/C18H30N6O4/c1-3-6-23(7-4-2)8-5-19-16-13-17(21-10-20-16)24(11-22-13)18-15(27)14(26)12(9-25)28-18/h10-12,14-15,18,25-27H,3-9H2,1-2H3,(H,19,20,21)/t12-,14?,15?,18-/m1/s1. The highest BCUT2D eigenvalue weighted by Gasteiger charge is 2.44. The Morgan fingerprint density at radius 3 is 2.50 bits per heavy atom. The van der Waals surface area contributed by atoms with Crippen molar-refractivity contribution in [2.75, 3.05) is 38.1 Å². The third-order valence-electron chi connectivity index (χ3n) is 4.95. The molecule has 1 fully saturated rings. The molecule has 156 valence electrons. The van der Waals surface area contributed by atoms with Crippen molar-refractivity contribution in [3.8, 4) is 0 Å². The van der Waals surface area contributed by atoms with E-state index in [4.69, 9.17) is 4.74 Å². The summed E-state index contributed by atoms with van der Waals surface area (Å²) in [5.74, 6) is 0.614. The van der Waals surface area contributed by atoms with Crippen LogP contribution in [-0.2, 0) is 4.74 Å². The summed E-state index contributed by atoms with van der Waals surface area (Å²) in [6.07, 6.45) is 1.10. The van der Waals surface area contributed by atoms with Crippen LogP contribution in [0.3, 0.4) is 0 Å². The fourth-order valence-corrected chi connectivity index (χ4v) is 3.58. The maximum atomic E-state index is 10.3. The topological polar surface area (TPSA) is 129 Å². The van der Waals surface area contributed by atoms with E-state index in [0.717, 1.165) is 39.0 Å². The third kappa shape index (κ3) is 4.26. The van der Waals surface area contributed by atoms with Crippen molar-refractivity contribution in [1.82, 2.24) is 24.4 Å². The predicted molar refractivity (Wildman–Crippen MR) is 104 cm³/mol. The highest BCUT2D eigenvalue weighted by Crippen LogP contribution is 2.31. The van der Waals surface area contributed by atoms with Crippen LogP contribution >= 0.6 is 0 Å². The molecule has 0 radical (unpaired) electrons. The lowest BCUT2D eigenvalue weighted by atomic mass is 10.1. The van der Waals surface area contributed by atoms with Gasteiger partial charge in [-0.25, -0.2) is 15.0 Å². The van der Waals surface area contributed by atoms with Crippen LogP contribution in [0.1, 0.15) is 32.9 Å². The molecule has 1 saturated heterocycles. The quantitative estimate of drug-likeness (QED) is 0.439. The Bertz CT molecular complexity index is 751. The van der Waals surface area contributed by atoms with E-state index in [0.29, 0.717) is 17.0 Å². The highest BCUT2D eigenvalue weighted by molar-refractivity contribution is 5.82. The van der Waals surface area contributed by atoms with Crippen molar-refractivity contribution >= 4 is 17.0 Å². The van der Waals surface area contributed by atoms with Gasteiger partial charge in [-0.05, 0) is 25.9 Å². The Hall–Kier alpha value is -1.85. The number of aromatic nitrogens is 4. The van der Waals surface area contributed by atoms with E-state index in [2.05, 4.69) is 39.0 Å². The van der Waals surface area contributed by atoms with Gasteiger partial charge in [-0.2, -0.15) is 0 Å². The van der Waals surface area contributed by atoms with E-state index >= 15 is 0 Å². The van der Waals surface area contributed by atoms with Crippen molar-refractivity contribution in [3.05, 3.63) is 12.7 Å². The third-order valence-corrected chi connectivity index (χ3v) is 4.95. The fourth-order valence-electron chi connectivity index (χ4n) is 3.58. The molecule has 0 amide bonds. The van der Waals surface area contributed by atoms with Gasteiger partial charge in [-0.3, -0.25) is 4.57 Å². The lowest BCUT2D eigenvalue weighted by Crippen LogP contribution is -2.33. The molecular weight excluding hydrogens is 364 g/mol. The van der Waals surface area contributed by atoms with Gasteiger partial charge in [-0.15, -0.1) is 0 Å². The molecule has 4 atom stereocenters. The number of nitrogens with zero attached hydrogens (tertiary/aromatic N) is 5. The Balaban J connectivity index is 1.73. The van der Waals surface area contributed by atoms with Crippen LogP contribution in [0.2, 0.25) is 0 Å². The first kappa shape index (κ1) is 20.9. The van der Waals surface area contributed by atoms with Crippen LogP contribution in [0.15, 0.2) is 12.7 Å². The maximum absolute atomic E-state index is 10.3. The zero-order chi connectivity index (χ0) is 20.1. The molecule has 1 aliphatic heterocycles. The smallest absolute Gasteiger partial charge is 0.167 e. The van der Waals surface area contributed by atoms with E-state index in [9.17, 15) is 15.3 Å². The number of aliphatic hydroxyl groups excluding tert-OH is 3. The SMILES string of the molecule is CCCN(CCC)CCNc1ncnc2c1ncn2[C@@H]1O[C@H](CO)C(O)C1O. The molecule has 0 aromatic carbocycles. The number of imidazole rings is 1. The van der Waals surface area contributed by atoms with Crippen LogP contribution in [0.25, 0.3) is 11.2 Å². The minimum Gasteiger partial charge on any atom is -0.394 e. The van der Waals surface area contributed by atoms with Gasteiger partial charge in [0.2, 0.25) is 0 Å². The minimum absolute atomic E-state index is 0.380. The molecule has 1 aliphatic rings. The van der Waals surface area contributed by atoms with Gasteiger partial charge in [0.05, 0.1) is 12.9 Å². The van der Waals surface area contributed by atoms with Gasteiger partial charge >= 0.3 is 0 Å². The van der Waals surface area contributed by atoms with Gasteiger partial charge in [0.1, 0.15) is 24.6 Å². The number of anilines is 1. The number of ether oxygens (including phenoxy) is 1. The lowest BCUT2D eigenvalue weighted by Gasteiger charge is -2.21. The van der Waals surface area contributed by atoms with Gasteiger partial charge in [0.15, 0.2) is 23.2 Å². The first-order valence-electron chi connectivity index (χ1n) is 9.86. The van der Waals surface area contributed by atoms with Crippen molar-refractivity contribution in [1.29, 1.82) is 0 Å². The van der Waals surface area contributed by atoms with E-state index in [1.165, 1.54) is 12.7 Å². The van der Waals surface area contributed by atoms with Crippen LogP contribution in [0.4, 0.5) is 5.82 Å². The van der Waals surface area contributed by atoms with Gasteiger partial charge in [0.25, 0.3) is 0 Å². The first-order chi connectivity index (χ1) is 13.6. The van der Waals surface area contributed by atoms with E-state index in [1.54, 1.807) is 4.57 Å². The number of hydrogen-bond acceptors (Lipinski definition) is 9. The number of fused-ring (bicyclic) bond motifs is 1. The second kappa shape index (κ2) is 9.57. The molecule has 10 nitrogen and oxygen atoms in total. The summed E-state index contributed by atoms with van der Waals surface area (Å²) in [6.45, 7) is 7.73. The first-order valence-corrected chi connectivity index (χ1v) is 9.86. The second-order valence-corrected chi connectivity index (χ2v) is 7.04. The molecule has 2 aromatic rings. The molecule has 4 N–H and O–H groups in total. The summed E-state index contributed by atoms with van der Waals surface area (Å²) in [7, 11) is 0. The average Bonchev–Trinajstić information content (AvgIpc) is 3.24. The second-order valence-electron chi connectivity index (χ2n) is 7.04. The molecule has 0 bridgehead atoms. The van der Waals surface area contributed by atoms with Crippen molar-refractivity contribution in [3.63, 3.8) is 0 Å². The molecule has 10 heteroatoms. The Kier molecular flexibility index (Phi) is 7.13. The zero-order valence-electron chi connectivity index (χ0n) is 16.4. The minimum atomic E-state index is -1.18. The molecule has 0 aliphatic carbocycles. The molecule has 3 heterocycles. The van der Waals surface area contributed by atoms with Crippen LogP contribution in [-0.4, -0.2) is 90.8 Å². The number of aliphatic hydroxyl groups is 3. The lowest BCUT2D eigenvalue weighted by molar-refractivity contribution is -0.0511. The van der Waals surface area contributed by atoms with E-state index < -0.39 is 24.5 Å². The number of rotatable bonds is 10. The van der Waals surface area contributed by atoms with Crippen molar-refractivity contribution in [2.45, 2.75) is 51.2 Å². The fraction of sp³-hybridized carbons (Fsp3) is 0.722. The van der Waals surface area contributed by atoms with E-state index in [-0.39, 0.29) is 6.61 Å². The molecule has 28 heavy (non-hydrogen) atoms. The van der Waals surface area contributed by atoms with Crippen LogP contribution in [0, 0.1) is 0 Å². The summed E-state index contributed by atoms with van der Waals surface area (Å²) in [4.78, 5) is 15.3. The predicted octanol–water partition coefficient (Wildman–Crippen LogP) is -0.0283. The monoisotopic (exact) mass is 394 g/mol. The van der Waals surface area contributed by atoms with Crippen LogP contribution < -0.4 is 5.32 Å². The van der Waals surface area contributed by atoms with Crippen molar-refractivity contribution < 1.29 is 20.1 Å². The van der Waals surface area contributed by atoms with Gasteiger partial charge in [-0.1, -0.05) is 13.8 Å². The van der Waals surface area contributed by atoms with Crippen LogP contribution in [0.5, 0.6) is 0 Å². The summed E-state index contributed by atoms with van der Waals surface area (Å²) < 4.78 is 7.14. The number of hydrogen-bond donors (Lipinski definition) is 4. The van der Waals surface area contributed by atoms with Gasteiger partial charge < -0.3 is 30.3 Å². The summed E-state index contributed by atoms with van der Waals surface area (Å²) in [5, 5.41) is 32.9. The summed E-state index contributed by atoms with van der Waals surface area (Å²) in [5.41, 5.74) is 1.06. The van der Waals surface area contributed by atoms with Crippen molar-refractivity contribution in [2.24, 2.45) is 0 Å². The Labute approximate surface area is 164 Å². The largest absolute Gasteiger partial charge is 0.394 e. The summed E-state index contributed by atoms with van der Waals surface area (Å²) in [6, 6.07) is 0. The normalized spacial score (nSPS) is 25.1.